The van der Waals surface area contributed by atoms with Crippen molar-refractivity contribution < 1.29 is 9.59 Å². The largest absolute Gasteiger partial charge is 0.299 e. The molecule has 0 saturated heterocycles. The molecule has 0 aromatic rings. The molecule has 2 nitrogen and oxygen atoms in total. The van der Waals surface area contributed by atoms with E-state index in [2.05, 4.69) is 71.9 Å². The Morgan fingerprint density at radius 3 is 1.67 bits per heavy atom. The highest BCUT2D eigenvalue weighted by molar-refractivity contribution is 5.94. The van der Waals surface area contributed by atoms with Gasteiger partial charge in [-0.25, -0.2) is 0 Å². The number of hydrogen-bond acceptors (Lipinski definition) is 2. The van der Waals surface area contributed by atoms with Crippen molar-refractivity contribution in [3.05, 3.63) is 69.4 Å². The minimum absolute atomic E-state index is 0.112. The Hall–Kier alpha value is -2.22. The van der Waals surface area contributed by atoms with Crippen LogP contribution < -0.4 is 0 Å². The van der Waals surface area contributed by atoms with E-state index in [0.29, 0.717) is 5.78 Å². The Labute approximate surface area is 222 Å². The van der Waals surface area contributed by atoms with E-state index in [1.54, 1.807) is 13.8 Å². The van der Waals surface area contributed by atoms with Crippen LogP contribution in [0, 0.1) is 5.92 Å². The second-order valence-electron chi connectivity index (χ2n) is 11.0. The fourth-order valence-electron chi connectivity index (χ4n) is 4.91. The molecule has 0 spiro atoms. The van der Waals surface area contributed by atoms with Crippen LogP contribution >= 0.6 is 0 Å². The van der Waals surface area contributed by atoms with Gasteiger partial charge in [-0.2, -0.15) is 0 Å². The number of rotatable bonds is 2. The van der Waals surface area contributed by atoms with Crippen molar-refractivity contribution in [1.29, 1.82) is 0 Å². The number of hydrogen-bond donors (Lipinski definition) is 0. The van der Waals surface area contributed by atoms with E-state index in [0.717, 1.165) is 69.8 Å². The second-order valence-corrected chi connectivity index (χ2v) is 11.0. The second kappa shape index (κ2) is 17.3. The molecular formula is C34H52O2. The van der Waals surface area contributed by atoms with Crippen LogP contribution in [-0.4, -0.2) is 11.6 Å². The standard InChI is InChI=1S/2C17H26O/c2*1-13-7-5-8-14(2)11-12-17(16(4)18)15(3)10-6-9-13/h8-9H,5-7,10-12H2,1-4H3;8-10,17H,5-7,11-12H2,1-4H3/b13-9+,14-8+,17-15-;13-9+,14-8+,15-10?. The average Bonchev–Trinajstić information content (AvgIpc) is 2.78. The van der Waals surface area contributed by atoms with Gasteiger partial charge in [0.1, 0.15) is 5.78 Å². The van der Waals surface area contributed by atoms with Crippen molar-refractivity contribution in [3.8, 4) is 0 Å². The quantitative estimate of drug-likeness (QED) is 0.359. The fourth-order valence-corrected chi connectivity index (χ4v) is 4.91. The Morgan fingerprint density at radius 2 is 1.11 bits per heavy atom. The zero-order chi connectivity index (χ0) is 27.1. The zero-order valence-electron chi connectivity index (χ0n) is 24.6. The Morgan fingerprint density at radius 1 is 0.611 bits per heavy atom. The first kappa shape index (κ1) is 31.8. The summed E-state index contributed by atoms with van der Waals surface area (Å²) in [6, 6.07) is 0. The summed E-state index contributed by atoms with van der Waals surface area (Å²) in [6.45, 7) is 16.4. The summed E-state index contributed by atoms with van der Waals surface area (Å²) >= 11 is 0. The summed E-state index contributed by atoms with van der Waals surface area (Å²) in [5.41, 5.74) is 9.31. The molecule has 0 aromatic carbocycles. The van der Waals surface area contributed by atoms with Crippen LogP contribution in [0.5, 0.6) is 0 Å². The predicted octanol–water partition coefficient (Wildman–Crippen LogP) is 10.1. The molecule has 0 heterocycles. The topological polar surface area (TPSA) is 34.1 Å². The molecule has 0 aliphatic heterocycles. The highest BCUT2D eigenvalue weighted by Gasteiger charge is 2.16. The third kappa shape index (κ3) is 13.2. The smallest absolute Gasteiger partial charge is 0.155 e. The lowest BCUT2D eigenvalue weighted by atomic mass is 9.89. The monoisotopic (exact) mass is 492 g/mol. The van der Waals surface area contributed by atoms with Crippen LogP contribution in [0.25, 0.3) is 0 Å². The van der Waals surface area contributed by atoms with Crippen molar-refractivity contribution >= 4 is 11.6 Å². The molecule has 36 heavy (non-hydrogen) atoms. The minimum Gasteiger partial charge on any atom is -0.299 e. The van der Waals surface area contributed by atoms with Gasteiger partial charge in [-0.1, -0.05) is 63.8 Å². The lowest BCUT2D eigenvalue weighted by Gasteiger charge is -2.15. The molecular weight excluding hydrogens is 440 g/mol. The summed E-state index contributed by atoms with van der Waals surface area (Å²) in [5.74, 6) is 0.661. The van der Waals surface area contributed by atoms with Crippen molar-refractivity contribution in [3.63, 3.8) is 0 Å². The van der Waals surface area contributed by atoms with Gasteiger partial charge in [0.15, 0.2) is 5.78 Å². The molecule has 0 amide bonds. The van der Waals surface area contributed by atoms with Gasteiger partial charge in [0, 0.05) is 5.92 Å². The predicted molar refractivity (Wildman–Crippen MR) is 157 cm³/mol. The van der Waals surface area contributed by atoms with E-state index in [1.807, 2.05) is 0 Å². The summed E-state index contributed by atoms with van der Waals surface area (Å²) in [4.78, 5) is 23.4. The number of allylic oxidation sites excluding steroid dienone is 12. The molecule has 0 N–H and O–H groups in total. The van der Waals surface area contributed by atoms with Gasteiger partial charge in [-0.05, 0) is 132 Å². The van der Waals surface area contributed by atoms with Crippen LogP contribution in [0.1, 0.15) is 126 Å². The molecule has 2 aliphatic carbocycles. The van der Waals surface area contributed by atoms with Gasteiger partial charge in [0.2, 0.25) is 0 Å². The van der Waals surface area contributed by atoms with Crippen molar-refractivity contribution in [2.24, 2.45) is 5.92 Å². The summed E-state index contributed by atoms with van der Waals surface area (Å²) in [6.07, 6.45) is 23.0. The first-order valence-corrected chi connectivity index (χ1v) is 14.0. The van der Waals surface area contributed by atoms with E-state index in [9.17, 15) is 9.59 Å². The van der Waals surface area contributed by atoms with Crippen LogP contribution in [-0.2, 0) is 9.59 Å². The Bertz CT molecular complexity index is 930. The third-order valence-corrected chi connectivity index (χ3v) is 7.56. The molecule has 2 rings (SSSR count). The third-order valence-electron chi connectivity index (χ3n) is 7.56. The number of carbonyl (C=O) groups is 2. The molecule has 200 valence electrons. The highest BCUT2D eigenvalue weighted by Crippen LogP contribution is 2.24. The van der Waals surface area contributed by atoms with Crippen molar-refractivity contribution in [2.75, 3.05) is 0 Å². The Kier molecular flexibility index (Phi) is 15.3. The molecule has 0 radical (unpaired) electrons. The first-order chi connectivity index (χ1) is 17.0. The number of carbonyl (C=O) groups excluding carboxylic acids is 2. The van der Waals surface area contributed by atoms with E-state index in [-0.39, 0.29) is 11.7 Å². The molecule has 1 atom stereocenters. The van der Waals surface area contributed by atoms with E-state index in [4.69, 9.17) is 0 Å². The average molecular weight is 493 g/mol. The lowest BCUT2D eigenvalue weighted by molar-refractivity contribution is -0.119. The normalized spacial score (nSPS) is 29.1. The fraction of sp³-hybridized carbons (Fsp3) is 0.588. The van der Waals surface area contributed by atoms with Gasteiger partial charge in [0.05, 0.1) is 0 Å². The highest BCUT2D eigenvalue weighted by atomic mass is 16.1. The molecule has 2 heteroatoms. The SMILES string of the molecule is CC(=O)/C1=C(/C)CC/C=C(\C)CC/C=C(\C)CC1.CC(=O)C1CC/C(C)=C/CC/C(C)=C/CC=C1C. The molecule has 0 saturated carbocycles. The summed E-state index contributed by atoms with van der Waals surface area (Å²) in [5, 5.41) is 0. The van der Waals surface area contributed by atoms with E-state index >= 15 is 0 Å². The van der Waals surface area contributed by atoms with Crippen molar-refractivity contribution in [1.82, 2.24) is 0 Å². The van der Waals surface area contributed by atoms with Gasteiger partial charge in [-0.3, -0.25) is 9.59 Å². The van der Waals surface area contributed by atoms with Gasteiger partial charge in [0.25, 0.3) is 0 Å². The summed E-state index contributed by atoms with van der Waals surface area (Å²) < 4.78 is 0. The molecule has 0 aromatic heterocycles. The van der Waals surface area contributed by atoms with Gasteiger partial charge >= 0.3 is 0 Å². The van der Waals surface area contributed by atoms with Gasteiger partial charge < -0.3 is 0 Å². The lowest BCUT2D eigenvalue weighted by Crippen LogP contribution is -2.12. The molecule has 1 unspecified atom stereocenters. The Balaban J connectivity index is 0.000000360. The van der Waals surface area contributed by atoms with Crippen molar-refractivity contribution in [2.45, 2.75) is 126 Å². The number of Topliss-reactive ketones (excluding diaryl/α,β-unsaturated/α-hetero) is 2. The zero-order valence-corrected chi connectivity index (χ0v) is 24.6. The maximum atomic E-state index is 11.7. The minimum atomic E-state index is 0.112. The number of ketones is 2. The van der Waals surface area contributed by atoms with E-state index in [1.165, 1.54) is 39.9 Å². The first-order valence-electron chi connectivity index (χ1n) is 14.0. The van der Waals surface area contributed by atoms with Crippen LogP contribution in [0.4, 0.5) is 0 Å². The van der Waals surface area contributed by atoms with E-state index < -0.39 is 0 Å². The van der Waals surface area contributed by atoms with Crippen LogP contribution in [0.2, 0.25) is 0 Å². The van der Waals surface area contributed by atoms with Crippen LogP contribution in [0.3, 0.4) is 0 Å². The van der Waals surface area contributed by atoms with Gasteiger partial charge in [-0.15, -0.1) is 0 Å². The van der Waals surface area contributed by atoms with Crippen LogP contribution in [0.15, 0.2) is 69.4 Å². The summed E-state index contributed by atoms with van der Waals surface area (Å²) in [7, 11) is 0. The maximum absolute atomic E-state index is 11.7. The molecule has 0 bridgehead atoms. The molecule has 2 aliphatic rings. The maximum Gasteiger partial charge on any atom is 0.155 e. The molecule has 0 fully saturated rings.